The Morgan fingerprint density at radius 1 is 1.24 bits per heavy atom. The van der Waals surface area contributed by atoms with Crippen molar-refractivity contribution in [1.29, 1.82) is 5.26 Å². The van der Waals surface area contributed by atoms with E-state index in [1.165, 1.54) is 0 Å². The zero-order valence-electron chi connectivity index (χ0n) is 18.9. The van der Waals surface area contributed by atoms with Crippen molar-refractivity contribution >= 4 is 33.2 Å². The zero-order valence-corrected chi connectivity index (χ0v) is 18.9. The van der Waals surface area contributed by atoms with Gasteiger partial charge in [-0.25, -0.2) is 4.98 Å². The maximum atomic E-state index is 10.1. The number of fused-ring (bicyclic) bond motifs is 2. The van der Waals surface area contributed by atoms with Gasteiger partial charge in [-0.1, -0.05) is 0 Å². The number of rotatable bonds is 7. The Morgan fingerprint density at radius 3 is 2.88 bits per heavy atom. The van der Waals surface area contributed by atoms with Crippen LogP contribution in [-0.2, 0) is 0 Å². The third kappa shape index (κ3) is 4.46. The highest BCUT2D eigenvalue weighted by Gasteiger charge is 2.20. The molecule has 174 valence electrons. The highest BCUT2D eigenvalue weighted by molar-refractivity contribution is 5.98. The highest BCUT2D eigenvalue weighted by Crippen LogP contribution is 2.36. The predicted octanol–water partition coefficient (Wildman–Crippen LogP) is 3.57. The molecule has 2 aromatic carbocycles. The second-order valence-electron chi connectivity index (χ2n) is 8.38. The molecule has 3 N–H and O–H groups in total. The van der Waals surface area contributed by atoms with Crippen molar-refractivity contribution in [2.24, 2.45) is 0 Å². The average Bonchev–Trinajstić information content (AvgIpc) is 3.33. The number of hydrogen-bond donors (Lipinski definition) is 3. The van der Waals surface area contributed by atoms with Crippen LogP contribution in [0.1, 0.15) is 18.4 Å². The van der Waals surface area contributed by atoms with E-state index in [0.717, 1.165) is 47.9 Å². The first-order chi connectivity index (χ1) is 16.6. The number of nitrogens with one attached hydrogen (secondary N) is 2. The second-order valence-corrected chi connectivity index (χ2v) is 8.38. The van der Waals surface area contributed by atoms with Crippen molar-refractivity contribution in [3.05, 3.63) is 48.2 Å². The average molecular weight is 459 g/mol. The topological polar surface area (TPSA) is 119 Å². The molecule has 0 radical (unpaired) electrons. The molecule has 0 saturated carbocycles. The molecule has 3 heterocycles. The van der Waals surface area contributed by atoms with Gasteiger partial charge in [0.2, 0.25) is 5.88 Å². The molecule has 5 rings (SSSR count). The van der Waals surface area contributed by atoms with E-state index in [-0.39, 0.29) is 6.10 Å². The number of aliphatic hydroxyl groups excluding tert-OH is 1. The van der Waals surface area contributed by atoms with Crippen molar-refractivity contribution < 1.29 is 14.6 Å². The first kappa shape index (κ1) is 21.9. The molecule has 0 unspecified atom stereocenters. The van der Waals surface area contributed by atoms with Gasteiger partial charge < -0.3 is 19.9 Å². The number of benzene rings is 2. The van der Waals surface area contributed by atoms with Gasteiger partial charge in [-0.15, -0.1) is 0 Å². The lowest BCUT2D eigenvalue weighted by Crippen LogP contribution is -2.38. The van der Waals surface area contributed by atoms with Gasteiger partial charge >= 0.3 is 0 Å². The van der Waals surface area contributed by atoms with E-state index < -0.39 is 0 Å². The van der Waals surface area contributed by atoms with Gasteiger partial charge in [0.15, 0.2) is 0 Å². The SMILES string of the molecule is COc1ccc2nc(OCCN3CCC(O)CC3)c(C#N)c(Nc3ccc4cn[nH]c4c3)c2c1. The minimum atomic E-state index is -0.212. The molecule has 1 fully saturated rings. The molecule has 1 aliphatic heterocycles. The number of aliphatic hydroxyl groups is 1. The maximum absolute atomic E-state index is 10.1. The molecule has 0 atom stereocenters. The fourth-order valence-corrected chi connectivity index (χ4v) is 4.26. The Hall–Kier alpha value is -3.87. The molecule has 9 heteroatoms. The number of ether oxygens (including phenoxy) is 2. The fraction of sp³-hybridized carbons (Fsp3) is 0.320. The molecular formula is C25H26N6O3. The van der Waals surface area contributed by atoms with Gasteiger partial charge in [0.1, 0.15) is 24.0 Å². The van der Waals surface area contributed by atoms with Crippen LogP contribution >= 0.6 is 0 Å². The van der Waals surface area contributed by atoms with Crippen LogP contribution in [0.25, 0.3) is 21.8 Å². The number of hydrogen-bond acceptors (Lipinski definition) is 8. The number of nitriles is 1. The van der Waals surface area contributed by atoms with Gasteiger partial charge in [-0.05, 0) is 49.2 Å². The van der Waals surface area contributed by atoms with Gasteiger partial charge in [0.25, 0.3) is 0 Å². The van der Waals surface area contributed by atoms with E-state index in [1.807, 2.05) is 36.4 Å². The molecule has 0 aliphatic carbocycles. The minimum Gasteiger partial charge on any atom is -0.497 e. The normalized spacial score (nSPS) is 14.9. The largest absolute Gasteiger partial charge is 0.497 e. The Morgan fingerprint density at radius 2 is 2.09 bits per heavy atom. The van der Waals surface area contributed by atoms with Crippen LogP contribution in [-0.4, -0.2) is 64.6 Å². The first-order valence-electron chi connectivity index (χ1n) is 11.3. The minimum absolute atomic E-state index is 0.212. The fourth-order valence-electron chi connectivity index (χ4n) is 4.26. The monoisotopic (exact) mass is 458 g/mol. The van der Waals surface area contributed by atoms with Crippen LogP contribution in [0.2, 0.25) is 0 Å². The van der Waals surface area contributed by atoms with Gasteiger partial charge in [0, 0.05) is 36.1 Å². The standard InChI is InChI=1S/C25H26N6O3/c1-33-19-4-5-22-20(13-19)24(28-17-3-2-16-15-27-30-23(16)12-17)21(14-26)25(29-22)34-11-10-31-8-6-18(32)7-9-31/h2-5,12-13,15,18,32H,6-11H2,1H3,(H,27,30)(H,28,29). The van der Waals surface area contributed by atoms with Crippen LogP contribution in [0.4, 0.5) is 11.4 Å². The van der Waals surface area contributed by atoms with Crippen molar-refractivity contribution in [3.8, 4) is 17.7 Å². The molecule has 4 aromatic rings. The number of aromatic amines is 1. The van der Waals surface area contributed by atoms with Crippen LogP contribution < -0.4 is 14.8 Å². The lowest BCUT2D eigenvalue weighted by molar-refractivity contribution is 0.0751. The summed E-state index contributed by atoms with van der Waals surface area (Å²) < 4.78 is 11.4. The van der Waals surface area contributed by atoms with Crippen molar-refractivity contribution in [2.45, 2.75) is 18.9 Å². The quantitative estimate of drug-likeness (QED) is 0.385. The lowest BCUT2D eigenvalue weighted by Gasteiger charge is -2.29. The predicted molar refractivity (Wildman–Crippen MR) is 130 cm³/mol. The number of H-pyrrole nitrogens is 1. The number of aromatic nitrogens is 3. The number of anilines is 2. The molecule has 1 saturated heterocycles. The third-order valence-electron chi connectivity index (χ3n) is 6.19. The van der Waals surface area contributed by atoms with Crippen LogP contribution in [0, 0.1) is 11.3 Å². The second kappa shape index (κ2) is 9.55. The summed E-state index contributed by atoms with van der Waals surface area (Å²) in [5, 5.41) is 32.0. The number of nitrogens with zero attached hydrogens (tertiary/aromatic N) is 4. The van der Waals surface area contributed by atoms with Crippen LogP contribution in [0.15, 0.2) is 42.6 Å². The Labute approximate surface area is 196 Å². The number of piperidine rings is 1. The maximum Gasteiger partial charge on any atom is 0.234 e. The summed E-state index contributed by atoms with van der Waals surface area (Å²) in [5.41, 5.74) is 3.34. The number of methoxy groups -OCH3 is 1. The molecule has 0 spiro atoms. The third-order valence-corrected chi connectivity index (χ3v) is 6.19. The van der Waals surface area contributed by atoms with Gasteiger partial charge in [0.05, 0.1) is 36.1 Å². The summed E-state index contributed by atoms with van der Waals surface area (Å²) in [4.78, 5) is 6.90. The smallest absolute Gasteiger partial charge is 0.234 e. The summed E-state index contributed by atoms with van der Waals surface area (Å²) >= 11 is 0. The van der Waals surface area contributed by atoms with E-state index >= 15 is 0 Å². The lowest BCUT2D eigenvalue weighted by atomic mass is 10.1. The van der Waals surface area contributed by atoms with Crippen LogP contribution in [0.5, 0.6) is 11.6 Å². The molecule has 9 nitrogen and oxygen atoms in total. The molecule has 0 bridgehead atoms. The zero-order chi connectivity index (χ0) is 23.5. The summed E-state index contributed by atoms with van der Waals surface area (Å²) in [7, 11) is 1.61. The summed E-state index contributed by atoms with van der Waals surface area (Å²) in [5.74, 6) is 0.966. The van der Waals surface area contributed by atoms with E-state index in [2.05, 4.69) is 31.5 Å². The van der Waals surface area contributed by atoms with Crippen molar-refractivity contribution in [1.82, 2.24) is 20.1 Å². The highest BCUT2D eigenvalue weighted by atomic mass is 16.5. The van der Waals surface area contributed by atoms with Crippen molar-refractivity contribution in [2.75, 3.05) is 38.7 Å². The van der Waals surface area contributed by atoms with E-state index in [4.69, 9.17) is 9.47 Å². The molecule has 1 aliphatic rings. The molecule has 0 amide bonds. The Balaban J connectivity index is 1.48. The molecular weight excluding hydrogens is 432 g/mol. The Bertz CT molecular complexity index is 1350. The van der Waals surface area contributed by atoms with Crippen LogP contribution in [0.3, 0.4) is 0 Å². The summed E-state index contributed by atoms with van der Waals surface area (Å²) in [6, 6.07) is 13.7. The van der Waals surface area contributed by atoms with E-state index in [1.54, 1.807) is 13.3 Å². The first-order valence-corrected chi connectivity index (χ1v) is 11.3. The summed E-state index contributed by atoms with van der Waals surface area (Å²) in [6.07, 6.45) is 3.10. The van der Waals surface area contributed by atoms with Gasteiger partial charge in [-0.2, -0.15) is 10.4 Å². The number of pyridine rings is 1. The van der Waals surface area contributed by atoms with Crippen molar-refractivity contribution in [3.63, 3.8) is 0 Å². The van der Waals surface area contributed by atoms with E-state index in [0.29, 0.717) is 41.5 Å². The Kier molecular flexibility index (Phi) is 6.16. The molecule has 2 aromatic heterocycles. The van der Waals surface area contributed by atoms with E-state index in [9.17, 15) is 10.4 Å². The number of likely N-dealkylation sites (tertiary alicyclic amines) is 1. The van der Waals surface area contributed by atoms with Gasteiger partial charge in [-0.3, -0.25) is 10.00 Å². The molecule has 34 heavy (non-hydrogen) atoms. The summed E-state index contributed by atoms with van der Waals surface area (Å²) in [6.45, 7) is 2.78.